The highest BCUT2D eigenvalue weighted by Gasteiger charge is 2.41. The highest BCUT2D eigenvalue weighted by atomic mass is 127. The lowest BCUT2D eigenvalue weighted by Crippen LogP contribution is -2.48. The largest absolute Gasteiger partial charge is 0.480 e. The van der Waals surface area contributed by atoms with Crippen molar-refractivity contribution in [3.05, 3.63) is 39.1 Å². The average molecular weight is 519 g/mol. The molecule has 2 atom stereocenters. The molecule has 2 amide bonds. The van der Waals surface area contributed by atoms with Gasteiger partial charge in [0.15, 0.2) is 0 Å². The molecule has 30 heavy (non-hydrogen) atoms. The third kappa shape index (κ3) is 3.16. The van der Waals surface area contributed by atoms with E-state index in [4.69, 9.17) is 4.74 Å². The molecule has 0 bridgehead atoms. The molecule has 0 spiro atoms. The number of imidazole rings is 1. The summed E-state index contributed by atoms with van der Waals surface area (Å²) in [6, 6.07) is 5.04. The van der Waals surface area contributed by atoms with E-state index in [1.165, 1.54) is 4.90 Å². The summed E-state index contributed by atoms with van der Waals surface area (Å²) >= 11 is 2.20. The number of likely N-dealkylation sites (N-methyl/N-ethyl adjacent to an activating group) is 1. The average Bonchev–Trinajstić information content (AvgIpc) is 3.23. The molecule has 1 aliphatic heterocycles. The minimum Gasteiger partial charge on any atom is -0.480 e. The van der Waals surface area contributed by atoms with E-state index in [9.17, 15) is 9.59 Å². The second kappa shape index (κ2) is 7.62. The maximum absolute atomic E-state index is 13.1. The van der Waals surface area contributed by atoms with E-state index in [0.29, 0.717) is 33.9 Å². The molecule has 9 heteroatoms. The molecule has 3 heterocycles. The molecule has 0 radical (unpaired) electrons. The summed E-state index contributed by atoms with van der Waals surface area (Å²) in [5, 5.41) is 0. The zero-order valence-corrected chi connectivity index (χ0v) is 19.5. The molecule has 0 saturated carbocycles. The quantitative estimate of drug-likeness (QED) is 0.412. The van der Waals surface area contributed by atoms with E-state index in [1.807, 2.05) is 38.9 Å². The Morgan fingerprint density at radius 2 is 1.83 bits per heavy atom. The summed E-state index contributed by atoms with van der Waals surface area (Å²) in [4.78, 5) is 41.6. The number of fused-ring (bicyclic) bond motifs is 2. The number of pyridine rings is 1. The topological polar surface area (TPSA) is 91.4 Å². The van der Waals surface area contributed by atoms with Gasteiger partial charge >= 0.3 is 0 Å². The predicted molar refractivity (Wildman–Crippen MR) is 122 cm³/mol. The number of H-pyrrole nitrogens is 1. The van der Waals surface area contributed by atoms with Crippen LogP contribution in [-0.4, -0.2) is 69.9 Å². The van der Waals surface area contributed by atoms with Crippen molar-refractivity contribution in [3.8, 4) is 17.3 Å². The van der Waals surface area contributed by atoms with Gasteiger partial charge in [-0.2, -0.15) is 0 Å². The van der Waals surface area contributed by atoms with Gasteiger partial charge in [-0.05, 0) is 68.7 Å². The van der Waals surface area contributed by atoms with E-state index in [-0.39, 0.29) is 23.9 Å². The fourth-order valence-corrected chi connectivity index (χ4v) is 4.33. The van der Waals surface area contributed by atoms with Crippen LogP contribution in [0.2, 0.25) is 0 Å². The molecule has 0 aliphatic carbocycles. The second-order valence-corrected chi connectivity index (χ2v) is 8.76. The maximum Gasteiger partial charge on any atom is 0.261 e. The normalized spacial score (nSPS) is 15.8. The van der Waals surface area contributed by atoms with Gasteiger partial charge in [-0.15, -0.1) is 0 Å². The molecule has 0 saturated heterocycles. The Morgan fingerprint density at radius 1 is 1.17 bits per heavy atom. The molecule has 3 aromatic rings. The SMILES string of the molecule is COc1nccc(I)c1-c1nc2cc3c(cc2[nH]1)C(=O)N(C(C)C(C)N(C)C)C3=O. The first-order valence-electron chi connectivity index (χ1n) is 9.51. The molecular weight excluding hydrogens is 497 g/mol. The monoisotopic (exact) mass is 519 g/mol. The number of carbonyl (C=O) groups is 2. The van der Waals surface area contributed by atoms with Gasteiger partial charge < -0.3 is 14.6 Å². The van der Waals surface area contributed by atoms with E-state index in [1.54, 1.807) is 25.4 Å². The van der Waals surface area contributed by atoms with Crippen LogP contribution in [0.1, 0.15) is 34.6 Å². The Morgan fingerprint density at radius 3 is 2.47 bits per heavy atom. The summed E-state index contributed by atoms with van der Waals surface area (Å²) < 4.78 is 6.30. The predicted octanol–water partition coefficient (Wildman–Crippen LogP) is 3.17. The highest BCUT2D eigenvalue weighted by Crippen LogP contribution is 2.34. The van der Waals surface area contributed by atoms with Crippen molar-refractivity contribution >= 4 is 45.4 Å². The summed E-state index contributed by atoms with van der Waals surface area (Å²) in [5.41, 5.74) is 2.82. The van der Waals surface area contributed by atoms with Crippen LogP contribution in [0.3, 0.4) is 0 Å². The fraction of sp³-hybridized carbons (Fsp3) is 0.333. The van der Waals surface area contributed by atoms with Gasteiger partial charge in [-0.25, -0.2) is 9.97 Å². The highest BCUT2D eigenvalue weighted by molar-refractivity contribution is 14.1. The van der Waals surface area contributed by atoms with Crippen LogP contribution in [0, 0.1) is 3.57 Å². The number of nitrogens with zero attached hydrogens (tertiary/aromatic N) is 4. The lowest BCUT2D eigenvalue weighted by Gasteiger charge is -2.32. The second-order valence-electron chi connectivity index (χ2n) is 7.60. The number of methoxy groups -OCH3 is 1. The Balaban J connectivity index is 1.78. The molecule has 2 unspecified atom stereocenters. The van der Waals surface area contributed by atoms with Gasteiger partial charge in [0.05, 0.1) is 40.9 Å². The molecule has 2 aromatic heterocycles. The number of hydrogen-bond donors (Lipinski definition) is 1. The molecule has 156 valence electrons. The number of ether oxygens (including phenoxy) is 1. The van der Waals surface area contributed by atoms with Crippen molar-refractivity contribution in [2.75, 3.05) is 21.2 Å². The molecule has 1 aliphatic rings. The first-order valence-corrected chi connectivity index (χ1v) is 10.6. The molecule has 1 aromatic carbocycles. The number of aromatic nitrogens is 3. The van der Waals surface area contributed by atoms with Crippen molar-refractivity contribution in [1.82, 2.24) is 24.8 Å². The molecular formula is C21H22IN5O3. The van der Waals surface area contributed by atoms with Gasteiger partial charge in [0, 0.05) is 15.8 Å². The zero-order chi connectivity index (χ0) is 21.7. The van der Waals surface area contributed by atoms with Crippen LogP contribution in [0.15, 0.2) is 24.4 Å². The molecule has 0 fully saturated rings. The zero-order valence-electron chi connectivity index (χ0n) is 17.4. The number of nitrogens with one attached hydrogen (secondary N) is 1. The smallest absolute Gasteiger partial charge is 0.261 e. The number of aromatic amines is 1. The molecule has 1 N–H and O–H groups in total. The van der Waals surface area contributed by atoms with Crippen molar-refractivity contribution in [3.63, 3.8) is 0 Å². The standard InChI is InChI=1S/C21H22IN5O3/c1-10(26(3)4)11(2)27-20(28)12-8-15-16(9-13(12)21(27)29)25-18(24-15)17-14(22)6-7-23-19(17)30-5/h6-11H,1-5H3,(H,24,25). The van der Waals surface area contributed by atoms with Crippen molar-refractivity contribution < 1.29 is 14.3 Å². The summed E-state index contributed by atoms with van der Waals surface area (Å²) in [5.74, 6) is 0.478. The Kier molecular flexibility index (Phi) is 5.27. The summed E-state index contributed by atoms with van der Waals surface area (Å²) in [6.07, 6.45) is 1.67. The van der Waals surface area contributed by atoms with Crippen LogP contribution in [0.4, 0.5) is 0 Å². The van der Waals surface area contributed by atoms with Crippen molar-refractivity contribution in [2.24, 2.45) is 0 Å². The molecule has 8 nitrogen and oxygen atoms in total. The van der Waals surface area contributed by atoms with E-state index >= 15 is 0 Å². The Labute approximate surface area is 187 Å². The lowest BCUT2D eigenvalue weighted by molar-refractivity contribution is 0.0525. The molecule has 4 rings (SSSR count). The number of carbonyl (C=O) groups excluding carboxylic acids is 2. The van der Waals surface area contributed by atoms with Crippen LogP contribution < -0.4 is 4.74 Å². The van der Waals surface area contributed by atoms with Gasteiger partial charge in [0.2, 0.25) is 5.88 Å². The van der Waals surface area contributed by atoms with E-state index < -0.39 is 0 Å². The van der Waals surface area contributed by atoms with Crippen LogP contribution in [0.5, 0.6) is 5.88 Å². The number of rotatable bonds is 5. The van der Waals surface area contributed by atoms with Gasteiger partial charge in [-0.3, -0.25) is 14.5 Å². The van der Waals surface area contributed by atoms with Gasteiger partial charge in [-0.1, -0.05) is 0 Å². The Hall–Kier alpha value is -2.53. The van der Waals surface area contributed by atoms with Crippen LogP contribution in [0.25, 0.3) is 22.4 Å². The maximum atomic E-state index is 13.1. The minimum absolute atomic E-state index is 0.0296. The summed E-state index contributed by atoms with van der Waals surface area (Å²) in [6.45, 7) is 3.89. The number of hydrogen-bond acceptors (Lipinski definition) is 6. The lowest BCUT2D eigenvalue weighted by atomic mass is 10.1. The van der Waals surface area contributed by atoms with E-state index in [0.717, 1.165) is 9.13 Å². The minimum atomic E-state index is -0.281. The Bertz CT molecular complexity index is 1120. The van der Waals surface area contributed by atoms with Crippen LogP contribution >= 0.6 is 22.6 Å². The van der Waals surface area contributed by atoms with Crippen LogP contribution in [-0.2, 0) is 0 Å². The number of imide groups is 1. The number of halogens is 1. The fourth-order valence-electron chi connectivity index (χ4n) is 3.69. The number of amides is 2. The first kappa shape index (κ1) is 20.7. The third-order valence-electron chi connectivity index (χ3n) is 5.74. The van der Waals surface area contributed by atoms with Crippen molar-refractivity contribution in [1.29, 1.82) is 0 Å². The van der Waals surface area contributed by atoms with Gasteiger partial charge in [0.25, 0.3) is 11.8 Å². The van der Waals surface area contributed by atoms with E-state index in [2.05, 4.69) is 37.5 Å². The first-order chi connectivity index (χ1) is 14.2. The third-order valence-corrected chi connectivity index (χ3v) is 6.63. The van der Waals surface area contributed by atoms with Crippen molar-refractivity contribution in [2.45, 2.75) is 25.9 Å². The van der Waals surface area contributed by atoms with Gasteiger partial charge in [0.1, 0.15) is 5.82 Å². The summed E-state index contributed by atoms with van der Waals surface area (Å²) in [7, 11) is 5.42. The number of benzene rings is 1.